The molecular formula is C31H36N4O4. The van der Waals surface area contributed by atoms with E-state index in [4.69, 9.17) is 9.15 Å². The van der Waals surface area contributed by atoms with E-state index in [-0.39, 0.29) is 17.2 Å². The molecule has 6 rings (SSSR count). The number of piperidine rings is 1. The van der Waals surface area contributed by atoms with Gasteiger partial charge in [0.05, 0.1) is 31.4 Å². The molecule has 0 bridgehead atoms. The van der Waals surface area contributed by atoms with E-state index in [0.29, 0.717) is 43.3 Å². The first-order valence-electron chi connectivity index (χ1n) is 13.8. The molecule has 0 radical (unpaired) electrons. The van der Waals surface area contributed by atoms with Gasteiger partial charge in [-0.05, 0) is 65.1 Å². The molecule has 2 atom stereocenters. The third-order valence-corrected chi connectivity index (χ3v) is 8.41. The Morgan fingerprint density at radius 3 is 2.31 bits per heavy atom. The minimum Gasteiger partial charge on any atom is -0.459 e. The van der Waals surface area contributed by atoms with Gasteiger partial charge in [-0.3, -0.25) is 9.59 Å². The quantitative estimate of drug-likeness (QED) is 0.470. The van der Waals surface area contributed by atoms with Crippen molar-refractivity contribution in [3.8, 4) is 0 Å². The van der Waals surface area contributed by atoms with Crippen LogP contribution >= 0.6 is 0 Å². The van der Waals surface area contributed by atoms with Crippen LogP contribution in [0.4, 0.5) is 11.5 Å². The molecule has 2 saturated heterocycles. The SMILES string of the molecule is CC(C)(C)c1ccc(C(=O)N2CC3C(C2)C3CN(C(=O)c2ccco2)c2ccc(N3CCOCC3)nc2)cc1. The summed E-state index contributed by atoms with van der Waals surface area (Å²) in [6.07, 6.45) is 3.30. The van der Waals surface area contributed by atoms with Crippen LogP contribution < -0.4 is 9.80 Å². The van der Waals surface area contributed by atoms with Crippen LogP contribution in [-0.4, -0.2) is 67.6 Å². The number of nitrogens with zero attached hydrogens (tertiary/aromatic N) is 4. The number of likely N-dealkylation sites (tertiary alicyclic amines) is 1. The predicted molar refractivity (Wildman–Crippen MR) is 149 cm³/mol. The van der Waals surface area contributed by atoms with Gasteiger partial charge in [0.25, 0.3) is 11.8 Å². The fourth-order valence-electron chi connectivity index (χ4n) is 5.95. The van der Waals surface area contributed by atoms with E-state index in [1.54, 1.807) is 23.2 Å². The van der Waals surface area contributed by atoms with Crippen LogP contribution in [0.2, 0.25) is 0 Å². The van der Waals surface area contributed by atoms with E-state index in [1.165, 1.54) is 11.8 Å². The van der Waals surface area contributed by atoms with Gasteiger partial charge in [-0.25, -0.2) is 4.98 Å². The Hall–Kier alpha value is -3.65. The molecule has 4 heterocycles. The zero-order chi connectivity index (χ0) is 27.1. The van der Waals surface area contributed by atoms with Gasteiger partial charge < -0.3 is 23.9 Å². The second-order valence-electron chi connectivity index (χ2n) is 11.9. The lowest BCUT2D eigenvalue weighted by Gasteiger charge is -2.29. The minimum atomic E-state index is -0.169. The number of benzene rings is 1. The zero-order valence-corrected chi connectivity index (χ0v) is 22.9. The van der Waals surface area contributed by atoms with Gasteiger partial charge in [0.2, 0.25) is 0 Å². The minimum absolute atomic E-state index is 0.0569. The molecule has 1 aromatic carbocycles. The largest absolute Gasteiger partial charge is 0.459 e. The summed E-state index contributed by atoms with van der Waals surface area (Å²) in [4.78, 5) is 37.2. The summed E-state index contributed by atoms with van der Waals surface area (Å²) >= 11 is 0. The molecule has 39 heavy (non-hydrogen) atoms. The maximum absolute atomic E-state index is 13.4. The monoisotopic (exact) mass is 528 g/mol. The summed E-state index contributed by atoms with van der Waals surface area (Å²) in [7, 11) is 0. The van der Waals surface area contributed by atoms with Gasteiger partial charge in [-0.1, -0.05) is 32.9 Å². The smallest absolute Gasteiger partial charge is 0.294 e. The first-order valence-corrected chi connectivity index (χ1v) is 13.8. The Morgan fingerprint density at radius 2 is 1.72 bits per heavy atom. The summed E-state index contributed by atoms with van der Waals surface area (Å²) in [5, 5.41) is 0. The van der Waals surface area contributed by atoms with Crippen molar-refractivity contribution in [2.45, 2.75) is 26.2 Å². The Morgan fingerprint density at radius 1 is 1.00 bits per heavy atom. The third-order valence-electron chi connectivity index (χ3n) is 8.41. The molecule has 3 fully saturated rings. The molecule has 8 nitrogen and oxygen atoms in total. The summed E-state index contributed by atoms with van der Waals surface area (Å²) in [5.41, 5.74) is 2.77. The van der Waals surface area contributed by atoms with Crippen LogP contribution in [0.25, 0.3) is 0 Å². The number of carbonyl (C=O) groups excluding carboxylic acids is 2. The number of morpholine rings is 1. The van der Waals surface area contributed by atoms with Crippen LogP contribution in [-0.2, 0) is 10.2 Å². The average Bonchev–Trinajstić information content (AvgIpc) is 3.33. The standard InChI is InChI=1S/C31H36N4O4/c1-31(2,3)22-8-6-21(7-9-22)29(36)34-18-24-25(19-34)26(24)20-35(30(37)27-5-4-14-39-27)23-10-11-28(32-17-23)33-12-15-38-16-13-33/h4-11,14,17,24-26H,12-13,15-16,18-20H2,1-3H3. The van der Waals surface area contributed by atoms with Gasteiger partial charge in [-0.15, -0.1) is 0 Å². The van der Waals surface area contributed by atoms with E-state index in [9.17, 15) is 9.59 Å². The lowest BCUT2D eigenvalue weighted by atomic mass is 9.86. The summed E-state index contributed by atoms with van der Waals surface area (Å²) in [6, 6.07) is 15.4. The highest BCUT2D eigenvalue weighted by Gasteiger charge is 2.57. The van der Waals surface area contributed by atoms with Crippen molar-refractivity contribution in [1.82, 2.24) is 9.88 Å². The number of anilines is 2. The highest BCUT2D eigenvalue weighted by molar-refractivity contribution is 6.04. The van der Waals surface area contributed by atoms with Gasteiger partial charge in [-0.2, -0.15) is 0 Å². The molecule has 2 aliphatic heterocycles. The van der Waals surface area contributed by atoms with Gasteiger partial charge in [0.1, 0.15) is 5.82 Å². The molecule has 1 aliphatic carbocycles. The molecule has 2 amide bonds. The normalized spacial score (nSPS) is 22.5. The van der Waals surface area contributed by atoms with E-state index in [2.05, 4.69) is 42.8 Å². The summed E-state index contributed by atoms with van der Waals surface area (Å²) in [6.45, 7) is 11.6. The third kappa shape index (κ3) is 5.17. The van der Waals surface area contributed by atoms with Crippen LogP contribution in [0.15, 0.2) is 65.4 Å². The number of amides is 2. The Bertz CT molecular complexity index is 1300. The van der Waals surface area contributed by atoms with Crippen molar-refractivity contribution < 1.29 is 18.7 Å². The molecule has 1 saturated carbocycles. The second kappa shape index (κ2) is 10.2. The predicted octanol–water partition coefficient (Wildman–Crippen LogP) is 4.47. The van der Waals surface area contributed by atoms with Gasteiger partial charge in [0.15, 0.2) is 5.76 Å². The van der Waals surface area contributed by atoms with Gasteiger partial charge in [0, 0.05) is 38.3 Å². The maximum atomic E-state index is 13.4. The number of hydrogen-bond donors (Lipinski definition) is 0. The van der Waals surface area contributed by atoms with Gasteiger partial charge >= 0.3 is 0 Å². The fourth-order valence-corrected chi connectivity index (χ4v) is 5.95. The van der Waals surface area contributed by atoms with Crippen molar-refractivity contribution in [3.05, 3.63) is 77.9 Å². The molecule has 0 spiro atoms. The first kappa shape index (κ1) is 25.6. The molecule has 3 aromatic rings. The first-order chi connectivity index (χ1) is 18.8. The van der Waals surface area contributed by atoms with E-state index >= 15 is 0 Å². The van der Waals surface area contributed by atoms with Crippen molar-refractivity contribution in [2.75, 3.05) is 55.7 Å². The highest BCUT2D eigenvalue weighted by Crippen LogP contribution is 2.52. The second-order valence-corrected chi connectivity index (χ2v) is 11.9. The number of carbonyl (C=O) groups is 2. The molecule has 2 aromatic heterocycles. The van der Waals surface area contributed by atoms with E-state index in [0.717, 1.165) is 43.2 Å². The van der Waals surface area contributed by atoms with Crippen LogP contribution in [0.3, 0.4) is 0 Å². The molecule has 2 unspecified atom stereocenters. The number of aromatic nitrogens is 1. The molecule has 3 aliphatic rings. The van der Waals surface area contributed by atoms with Crippen LogP contribution in [0, 0.1) is 17.8 Å². The molecule has 8 heteroatoms. The number of pyridine rings is 1. The van der Waals surface area contributed by atoms with E-state index < -0.39 is 0 Å². The van der Waals surface area contributed by atoms with Crippen LogP contribution in [0.1, 0.15) is 47.2 Å². The fraction of sp³-hybridized carbons (Fsp3) is 0.452. The Kier molecular flexibility index (Phi) is 6.67. The Balaban J connectivity index is 1.12. The Labute approximate surface area is 229 Å². The molecular weight excluding hydrogens is 492 g/mol. The maximum Gasteiger partial charge on any atom is 0.294 e. The number of rotatable bonds is 6. The van der Waals surface area contributed by atoms with E-state index in [1.807, 2.05) is 29.2 Å². The number of hydrogen-bond acceptors (Lipinski definition) is 6. The van der Waals surface area contributed by atoms with Crippen molar-refractivity contribution in [2.24, 2.45) is 17.8 Å². The lowest BCUT2D eigenvalue weighted by Crippen LogP contribution is -2.37. The van der Waals surface area contributed by atoms with Crippen LogP contribution in [0.5, 0.6) is 0 Å². The zero-order valence-electron chi connectivity index (χ0n) is 22.9. The summed E-state index contributed by atoms with van der Waals surface area (Å²) < 4.78 is 10.9. The number of furan rings is 1. The van der Waals surface area contributed by atoms with Crippen molar-refractivity contribution >= 4 is 23.3 Å². The van der Waals surface area contributed by atoms with Crippen molar-refractivity contribution in [3.63, 3.8) is 0 Å². The number of fused-ring (bicyclic) bond motifs is 1. The molecule has 204 valence electrons. The topological polar surface area (TPSA) is 79.1 Å². The van der Waals surface area contributed by atoms with Crippen molar-refractivity contribution in [1.29, 1.82) is 0 Å². The average molecular weight is 529 g/mol. The highest BCUT2D eigenvalue weighted by atomic mass is 16.5. The molecule has 0 N–H and O–H groups in total. The number of ether oxygens (including phenoxy) is 1. The summed E-state index contributed by atoms with van der Waals surface area (Å²) in [5.74, 6) is 2.26. The lowest BCUT2D eigenvalue weighted by molar-refractivity contribution is 0.0766.